The van der Waals surface area contributed by atoms with Crippen molar-refractivity contribution < 1.29 is 14.7 Å². The second kappa shape index (κ2) is 6.92. The second-order valence-electron chi connectivity index (χ2n) is 5.98. The average Bonchev–Trinajstić information content (AvgIpc) is 2.46. The molecule has 2 aliphatic rings. The third-order valence-electron chi connectivity index (χ3n) is 4.51. The molecule has 114 valence electrons. The van der Waals surface area contributed by atoms with E-state index in [-0.39, 0.29) is 23.8 Å². The SMILES string of the molecule is NC(=O)N1CCCC(C(=O)NCC2CCCCC2O)C1. The Balaban J connectivity index is 1.77. The molecule has 0 aromatic heterocycles. The number of nitrogens with one attached hydrogen (secondary N) is 1. The molecule has 1 heterocycles. The van der Waals surface area contributed by atoms with Crippen LogP contribution in [0.5, 0.6) is 0 Å². The van der Waals surface area contributed by atoms with Crippen LogP contribution in [0.25, 0.3) is 0 Å². The molecule has 2 fully saturated rings. The molecular weight excluding hydrogens is 258 g/mol. The number of urea groups is 1. The molecule has 3 atom stereocenters. The Kier molecular flexibility index (Phi) is 5.23. The number of hydrogen-bond donors (Lipinski definition) is 3. The summed E-state index contributed by atoms with van der Waals surface area (Å²) in [6.45, 7) is 1.59. The number of amides is 3. The van der Waals surface area contributed by atoms with Gasteiger partial charge in [-0.25, -0.2) is 4.79 Å². The van der Waals surface area contributed by atoms with Crippen LogP contribution in [0.15, 0.2) is 0 Å². The second-order valence-corrected chi connectivity index (χ2v) is 5.98. The van der Waals surface area contributed by atoms with Crippen LogP contribution >= 0.6 is 0 Å². The number of carbonyl (C=O) groups is 2. The first kappa shape index (κ1) is 15.1. The fourth-order valence-electron chi connectivity index (χ4n) is 3.19. The van der Waals surface area contributed by atoms with E-state index in [9.17, 15) is 14.7 Å². The zero-order valence-corrected chi connectivity index (χ0v) is 11.9. The standard InChI is InChI=1S/C14H25N3O3/c15-14(20)17-7-3-5-11(9-17)13(19)16-8-10-4-1-2-6-12(10)18/h10-12,18H,1-9H2,(H2,15,20)(H,16,19). The molecule has 6 heteroatoms. The number of aliphatic hydroxyl groups is 1. The summed E-state index contributed by atoms with van der Waals surface area (Å²) in [5.41, 5.74) is 5.26. The number of nitrogens with two attached hydrogens (primary N) is 1. The number of primary amides is 1. The summed E-state index contributed by atoms with van der Waals surface area (Å²) in [5, 5.41) is 12.8. The Morgan fingerprint density at radius 2 is 1.95 bits per heavy atom. The number of piperidine rings is 1. The molecule has 0 spiro atoms. The highest BCUT2D eigenvalue weighted by Crippen LogP contribution is 2.24. The summed E-state index contributed by atoms with van der Waals surface area (Å²) in [4.78, 5) is 24.8. The van der Waals surface area contributed by atoms with Crippen LogP contribution in [-0.2, 0) is 4.79 Å². The molecular formula is C14H25N3O3. The topological polar surface area (TPSA) is 95.7 Å². The minimum atomic E-state index is -0.454. The summed E-state index contributed by atoms with van der Waals surface area (Å²) < 4.78 is 0. The lowest BCUT2D eigenvalue weighted by molar-refractivity contribution is -0.126. The van der Waals surface area contributed by atoms with Crippen molar-refractivity contribution in [1.29, 1.82) is 0 Å². The van der Waals surface area contributed by atoms with Crippen LogP contribution in [0.3, 0.4) is 0 Å². The van der Waals surface area contributed by atoms with Gasteiger partial charge in [0, 0.05) is 25.6 Å². The van der Waals surface area contributed by atoms with Crippen molar-refractivity contribution in [1.82, 2.24) is 10.2 Å². The summed E-state index contributed by atoms with van der Waals surface area (Å²) in [6, 6.07) is -0.454. The number of likely N-dealkylation sites (tertiary alicyclic amines) is 1. The third-order valence-corrected chi connectivity index (χ3v) is 4.51. The highest BCUT2D eigenvalue weighted by molar-refractivity contribution is 5.80. The Morgan fingerprint density at radius 1 is 1.20 bits per heavy atom. The Morgan fingerprint density at radius 3 is 2.65 bits per heavy atom. The molecule has 0 aromatic rings. The van der Waals surface area contributed by atoms with Crippen molar-refractivity contribution in [2.75, 3.05) is 19.6 Å². The molecule has 6 nitrogen and oxygen atoms in total. The number of rotatable bonds is 3. The first-order valence-corrected chi connectivity index (χ1v) is 7.58. The lowest BCUT2D eigenvalue weighted by Crippen LogP contribution is -2.48. The van der Waals surface area contributed by atoms with Crippen LogP contribution in [0, 0.1) is 11.8 Å². The van der Waals surface area contributed by atoms with E-state index < -0.39 is 6.03 Å². The van der Waals surface area contributed by atoms with Crippen LogP contribution in [0.2, 0.25) is 0 Å². The summed E-state index contributed by atoms with van der Waals surface area (Å²) in [7, 11) is 0. The van der Waals surface area contributed by atoms with E-state index in [2.05, 4.69) is 5.32 Å². The molecule has 1 aliphatic carbocycles. The minimum Gasteiger partial charge on any atom is -0.393 e. The van der Waals surface area contributed by atoms with Crippen molar-refractivity contribution in [2.24, 2.45) is 17.6 Å². The molecule has 1 saturated heterocycles. The van der Waals surface area contributed by atoms with Gasteiger partial charge in [0.05, 0.1) is 12.0 Å². The van der Waals surface area contributed by atoms with Gasteiger partial charge in [0.2, 0.25) is 5.91 Å². The van der Waals surface area contributed by atoms with E-state index in [0.717, 1.165) is 38.5 Å². The lowest BCUT2D eigenvalue weighted by Gasteiger charge is -2.32. The predicted octanol–water partition coefficient (Wildman–Crippen LogP) is 0.444. The number of nitrogens with zero attached hydrogens (tertiary/aromatic N) is 1. The Hall–Kier alpha value is -1.30. The van der Waals surface area contributed by atoms with Gasteiger partial charge in [-0.1, -0.05) is 12.8 Å². The van der Waals surface area contributed by atoms with E-state index in [4.69, 9.17) is 5.73 Å². The van der Waals surface area contributed by atoms with Gasteiger partial charge in [0.25, 0.3) is 0 Å². The summed E-state index contributed by atoms with van der Waals surface area (Å²) in [6.07, 6.45) is 5.31. The zero-order valence-electron chi connectivity index (χ0n) is 11.9. The molecule has 1 aliphatic heterocycles. The first-order chi connectivity index (χ1) is 9.58. The van der Waals surface area contributed by atoms with Gasteiger partial charge in [-0.15, -0.1) is 0 Å². The van der Waals surface area contributed by atoms with E-state index in [1.165, 1.54) is 4.90 Å². The van der Waals surface area contributed by atoms with Crippen molar-refractivity contribution in [3.63, 3.8) is 0 Å². The smallest absolute Gasteiger partial charge is 0.314 e. The molecule has 1 saturated carbocycles. The average molecular weight is 283 g/mol. The molecule has 4 N–H and O–H groups in total. The zero-order chi connectivity index (χ0) is 14.5. The van der Waals surface area contributed by atoms with Crippen molar-refractivity contribution in [3.05, 3.63) is 0 Å². The molecule has 20 heavy (non-hydrogen) atoms. The lowest BCUT2D eigenvalue weighted by atomic mass is 9.86. The molecule has 0 bridgehead atoms. The molecule has 3 amide bonds. The number of hydrogen-bond acceptors (Lipinski definition) is 3. The monoisotopic (exact) mass is 283 g/mol. The number of aliphatic hydroxyl groups excluding tert-OH is 1. The van der Waals surface area contributed by atoms with Gasteiger partial charge in [0.15, 0.2) is 0 Å². The van der Waals surface area contributed by atoms with Crippen molar-refractivity contribution in [3.8, 4) is 0 Å². The normalized spacial score (nSPS) is 30.9. The van der Waals surface area contributed by atoms with Crippen molar-refractivity contribution >= 4 is 11.9 Å². The van der Waals surface area contributed by atoms with E-state index in [1.807, 2.05) is 0 Å². The third kappa shape index (κ3) is 3.85. The fourth-order valence-corrected chi connectivity index (χ4v) is 3.19. The molecule has 2 rings (SSSR count). The predicted molar refractivity (Wildman–Crippen MR) is 74.9 cm³/mol. The Bertz CT molecular complexity index is 362. The first-order valence-electron chi connectivity index (χ1n) is 7.58. The minimum absolute atomic E-state index is 0.0197. The van der Waals surface area contributed by atoms with Gasteiger partial charge in [0.1, 0.15) is 0 Å². The summed E-state index contributed by atoms with van der Waals surface area (Å²) >= 11 is 0. The highest BCUT2D eigenvalue weighted by atomic mass is 16.3. The molecule has 0 aromatic carbocycles. The maximum absolute atomic E-state index is 12.1. The molecule has 0 radical (unpaired) electrons. The van der Waals surface area contributed by atoms with Crippen LogP contribution < -0.4 is 11.1 Å². The van der Waals surface area contributed by atoms with Gasteiger partial charge >= 0.3 is 6.03 Å². The van der Waals surface area contributed by atoms with E-state index in [1.54, 1.807) is 0 Å². The van der Waals surface area contributed by atoms with E-state index in [0.29, 0.717) is 19.6 Å². The maximum Gasteiger partial charge on any atom is 0.314 e. The van der Waals surface area contributed by atoms with Crippen LogP contribution in [0.1, 0.15) is 38.5 Å². The summed E-state index contributed by atoms with van der Waals surface area (Å²) in [5.74, 6) is -0.0192. The largest absolute Gasteiger partial charge is 0.393 e. The number of carbonyl (C=O) groups excluding carboxylic acids is 2. The van der Waals surface area contributed by atoms with Crippen LogP contribution in [0.4, 0.5) is 4.79 Å². The van der Waals surface area contributed by atoms with Gasteiger partial charge < -0.3 is 21.1 Å². The van der Waals surface area contributed by atoms with Gasteiger partial charge in [-0.3, -0.25) is 4.79 Å². The quantitative estimate of drug-likeness (QED) is 0.701. The van der Waals surface area contributed by atoms with E-state index >= 15 is 0 Å². The van der Waals surface area contributed by atoms with Gasteiger partial charge in [-0.2, -0.15) is 0 Å². The van der Waals surface area contributed by atoms with Crippen molar-refractivity contribution in [2.45, 2.75) is 44.6 Å². The maximum atomic E-state index is 12.1. The van der Waals surface area contributed by atoms with Crippen LogP contribution in [-0.4, -0.2) is 47.7 Å². The highest BCUT2D eigenvalue weighted by Gasteiger charge is 2.29. The Labute approximate surface area is 119 Å². The van der Waals surface area contributed by atoms with Gasteiger partial charge in [-0.05, 0) is 25.7 Å². The fraction of sp³-hybridized carbons (Fsp3) is 0.857. The molecule has 3 unspecified atom stereocenters.